The predicted molar refractivity (Wildman–Crippen MR) is 72.6 cm³/mol. The number of carbonyl (C=O) groups excluding carboxylic acids is 1. The molecule has 0 radical (unpaired) electrons. The van der Waals surface area contributed by atoms with E-state index < -0.39 is 17.4 Å². The Kier molecular flexibility index (Phi) is 3.53. The molecule has 0 aliphatic carbocycles. The van der Waals surface area contributed by atoms with E-state index in [0.717, 1.165) is 12.8 Å². The summed E-state index contributed by atoms with van der Waals surface area (Å²) in [5.41, 5.74) is -0.342. The van der Waals surface area contributed by atoms with Gasteiger partial charge in [0.05, 0.1) is 0 Å². The highest BCUT2D eigenvalue weighted by atomic mass is 16.8. The average molecular weight is 258 g/mol. The van der Waals surface area contributed by atoms with Gasteiger partial charge < -0.3 is 9.47 Å². The zero-order valence-corrected chi connectivity index (χ0v) is 11.5. The second kappa shape index (κ2) is 4.97. The summed E-state index contributed by atoms with van der Waals surface area (Å²) in [5.74, 6) is 6.12. The summed E-state index contributed by atoms with van der Waals surface area (Å²) in [7, 11) is 0. The lowest BCUT2D eigenvalue weighted by Crippen LogP contribution is -2.43. The maximum Gasteiger partial charge on any atom is 0.510 e. The summed E-state index contributed by atoms with van der Waals surface area (Å²) >= 11 is 0. The van der Waals surface area contributed by atoms with Gasteiger partial charge in [-0.05, 0) is 32.8 Å². The molecule has 0 N–H and O–H groups in total. The van der Waals surface area contributed by atoms with Crippen molar-refractivity contribution in [3.05, 3.63) is 35.9 Å². The first-order valence-electron chi connectivity index (χ1n) is 6.39. The molecule has 0 bridgehead atoms. The molecule has 3 nitrogen and oxygen atoms in total. The molecule has 1 saturated heterocycles. The second-order valence-electron chi connectivity index (χ2n) is 5.29. The molecule has 1 unspecified atom stereocenters. The van der Waals surface area contributed by atoms with Crippen LogP contribution in [0, 0.1) is 11.8 Å². The third-order valence-corrected chi connectivity index (χ3v) is 3.48. The molecule has 1 fully saturated rings. The molecule has 0 spiro atoms. The van der Waals surface area contributed by atoms with E-state index in [1.54, 1.807) is 6.92 Å². The van der Waals surface area contributed by atoms with Crippen molar-refractivity contribution in [2.75, 3.05) is 0 Å². The highest BCUT2D eigenvalue weighted by Gasteiger charge is 2.53. The minimum Gasteiger partial charge on any atom is -0.423 e. The maximum absolute atomic E-state index is 11.2. The normalized spacial score (nSPS) is 24.1. The van der Waals surface area contributed by atoms with Crippen molar-refractivity contribution < 1.29 is 14.3 Å². The van der Waals surface area contributed by atoms with Gasteiger partial charge in [-0.25, -0.2) is 4.79 Å². The van der Waals surface area contributed by atoms with Gasteiger partial charge >= 0.3 is 6.16 Å². The maximum atomic E-state index is 11.2. The first-order valence-corrected chi connectivity index (χ1v) is 6.39. The zero-order valence-electron chi connectivity index (χ0n) is 11.5. The van der Waals surface area contributed by atoms with Gasteiger partial charge in [0.15, 0.2) is 5.60 Å². The Morgan fingerprint density at radius 3 is 2.37 bits per heavy atom. The van der Waals surface area contributed by atoms with Crippen molar-refractivity contribution in [1.82, 2.24) is 0 Å². The van der Waals surface area contributed by atoms with Gasteiger partial charge in [-0.1, -0.05) is 42.2 Å². The average Bonchev–Trinajstić information content (AvgIpc) is 2.55. The minimum atomic E-state index is -0.874. The molecule has 1 aliphatic rings. The Hall–Kier alpha value is -1.95. The van der Waals surface area contributed by atoms with Gasteiger partial charge in [-0.3, -0.25) is 0 Å². The Morgan fingerprint density at radius 1 is 1.11 bits per heavy atom. The number of cyclic esters (lactones) is 2. The van der Waals surface area contributed by atoms with Crippen LogP contribution < -0.4 is 0 Å². The van der Waals surface area contributed by atoms with Crippen molar-refractivity contribution in [2.24, 2.45) is 0 Å². The van der Waals surface area contributed by atoms with Crippen LogP contribution in [0.15, 0.2) is 30.3 Å². The molecular weight excluding hydrogens is 240 g/mol. The zero-order chi connectivity index (χ0) is 13.9. The molecule has 1 heterocycles. The van der Waals surface area contributed by atoms with Crippen LogP contribution >= 0.6 is 0 Å². The summed E-state index contributed by atoms with van der Waals surface area (Å²) in [6.45, 7) is 5.40. The quantitative estimate of drug-likeness (QED) is 0.603. The van der Waals surface area contributed by atoms with E-state index in [9.17, 15) is 4.79 Å². The second-order valence-corrected chi connectivity index (χ2v) is 5.29. The number of aryl methyl sites for hydroxylation is 1. The van der Waals surface area contributed by atoms with E-state index in [2.05, 4.69) is 24.0 Å². The number of hydrogen-bond acceptors (Lipinski definition) is 3. The highest BCUT2D eigenvalue weighted by Crippen LogP contribution is 2.35. The van der Waals surface area contributed by atoms with Crippen molar-refractivity contribution in [3.63, 3.8) is 0 Å². The van der Waals surface area contributed by atoms with E-state index in [-0.39, 0.29) is 0 Å². The van der Waals surface area contributed by atoms with Crippen LogP contribution in [0.4, 0.5) is 4.79 Å². The molecule has 1 aromatic carbocycles. The molecule has 2 rings (SSSR count). The number of rotatable bonds is 2. The van der Waals surface area contributed by atoms with Crippen LogP contribution in [0.1, 0.15) is 32.8 Å². The summed E-state index contributed by atoms with van der Waals surface area (Å²) in [6.07, 6.45) is 0.969. The standard InChI is InChI=1S/C16H18O3/c1-15(2)16(3,19-14(17)18-15)12-8-7-11-13-9-5-4-6-10-13/h4-6,9-10H,7,11H2,1-3H3. The molecule has 0 amide bonds. The summed E-state index contributed by atoms with van der Waals surface area (Å²) in [4.78, 5) is 11.2. The molecule has 1 aliphatic heterocycles. The van der Waals surface area contributed by atoms with Crippen molar-refractivity contribution in [3.8, 4) is 11.8 Å². The van der Waals surface area contributed by atoms with Crippen LogP contribution in [0.5, 0.6) is 0 Å². The lowest BCUT2D eigenvalue weighted by molar-refractivity contribution is 0.0349. The smallest absolute Gasteiger partial charge is 0.423 e. The Labute approximate surface area is 113 Å². The van der Waals surface area contributed by atoms with Crippen LogP contribution in [0.25, 0.3) is 0 Å². The van der Waals surface area contributed by atoms with E-state index in [0.29, 0.717) is 0 Å². The first-order chi connectivity index (χ1) is 8.93. The lowest BCUT2D eigenvalue weighted by atomic mass is 9.88. The molecule has 3 heteroatoms. The number of carbonyl (C=O) groups is 1. The topological polar surface area (TPSA) is 35.5 Å². The first kappa shape index (κ1) is 13.5. The Morgan fingerprint density at radius 2 is 1.79 bits per heavy atom. The molecule has 0 saturated carbocycles. The van der Waals surface area contributed by atoms with Crippen molar-refractivity contribution in [1.29, 1.82) is 0 Å². The van der Waals surface area contributed by atoms with Crippen molar-refractivity contribution >= 4 is 6.16 Å². The van der Waals surface area contributed by atoms with E-state index in [4.69, 9.17) is 9.47 Å². The molecular formula is C16H18O3. The van der Waals surface area contributed by atoms with Gasteiger partial charge in [0.25, 0.3) is 0 Å². The van der Waals surface area contributed by atoms with Gasteiger partial charge in [0.1, 0.15) is 0 Å². The molecule has 1 aromatic rings. The fourth-order valence-electron chi connectivity index (χ4n) is 1.87. The molecule has 100 valence electrons. The number of benzene rings is 1. The summed E-state index contributed by atoms with van der Waals surface area (Å²) in [5, 5.41) is 0. The van der Waals surface area contributed by atoms with Crippen molar-refractivity contribution in [2.45, 2.75) is 44.8 Å². The van der Waals surface area contributed by atoms with Crippen LogP contribution in [-0.2, 0) is 15.9 Å². The molecule has 19 heavy (non-hydrogen) atoms. The fourth-order valence-corrected chi connectivity index (χ4v) is 1.87. The third kappa shape index (κ3) is 2.90. The predicted octanol–water partition coefficient (Wildman–Crippen LogP) is 3.33. The number of ether oxygens (including phenoxy) is 2. The van der Waals surface area contributed by atoms with Gasteiger partial charge in [0, 0.05) is 6.42 Å². The monoisotopic (exact) mass is 258 g/mol. The third-order valence-electron chi connectivity index (χ3n) is 3.48. The van der Waals surface area contributed by atoms with Crippen LogP contribution in [-0.4, -0.2) is 17.4 Å². The van der Waals surface area contributed by atoms with Crippen LogP contribution in [0.2, 0.25) is 0 Å². The highest BCUT2D eigenvalue weighted by molar-refractivity contribution is 5.65. The van der Waals surface area contributed by atoms with E-state index >= 15 is 0 Å². The number of hydrogen-bond donors (Lipinski definition) is 0. The molecule has 1 atom stereocenters. The molecule has 0 aromatic heterocycles. The lowest BCUT2D eigenvalue weighted by Gasteiger charge is -2.27. The van der Waals surface area contributed by atoms with E-state index in [1.807, 2.05) is 32.0 Å². The van der Waals surface area contributed by atoms with Crippen LogP contribution in [0.3, 0.4) is 0 Å². The van der Waals surface area contributed by atoms with Gasteiger partial charge in [-0.2, -0.15) is 0 Å². The minimum absolute atomic E-state index is 0.648. The van der Waals surface area contributed by atoms with Gasteiger partial charge in [-0.15, -0.1) is 0 Å². The van der Waals surface area contributed by atoms with Gasteiger partial charge in [0.2, 0.25) is 5.60 Å². The summed E-state index contributed by atoms with van der Waals surface area (Å²) < 4.78 is 10.3. The van der Waals surface area contributed by atoms with E-state index in [1.165, 1.54) is 5.56 Å². The Balaban J connectivity index is 1.98. The SMILES string of the molecule is CC1(C)OC(=O)OC1(C)C#CCCc1ccccc1. The Bertz CT molecular complexity index is 522. The largest absolute Gasteiger partial charge is 0.510 e. The summed E-state index contributed by atoms with van der Waals surface area (Å²) in [6, 6.07) is 10.2. The fraction of sp³-hybridized carbons (Fsp3) is 0.438.